The number of primary amides is 1. The Hall–Kier alpha value is -2.50. The van der Waals surface area contributed by atoms with Crippen LogP contribution in [0, 0.1) is 13.8 Å². The van der Waals surface area contributed by atoms with Crippen molar-refractivity contribution in [3.63, 3.8) is 0 Å². The van der Waals surface area contributed by atoms with Gasteiger partial charge in [-0.05, 0) is 38.3 Å². The van der Waals surface area contributed by atoms with Gasteiger partial charge in [0.1, 0.15) is 6.61 Å². The number of nitrogens with one attached hydrogen (secondary N) is 1. The van der Waals surface area contributed by atoms with Crippen LogP contribution in [0.15, 0.2) is 18.2 Å². The van der Waals surface area contributed by atoms with E-state index in [0.717, 1.165) is 35.0 Å². The summed E-state index contributed by atoms with van der Waals surface area (Å²) in [6.07, 6.45) is 1.69. The number of carbonyl (C=O) groups is 2. The monoisotopic (exact) mass is 315 g/mol. The molecule has 1 aromatic carbocycles. The Morgan fingerprint density at radius 1 is 1.39 bits per heavy atom. The highest BCUT2D eigenvalue weighted by molar-refractivity contribution is 6.04. The van der Waals surface area contributed by atoms with Gasteiger partial charge >= 0.3 is 12.0 Å². The molecule has 2 aromatic rings. The van der Waals surface area contributed by atoms with Gasteiger partial charge in [-0.1, -0.05) is 12.1 Å². The van der Waals surface area contributed by atoms with Crippen molar-refractivity contribution >= 4 is 22.9 Å². The molecule has 0 bridgehead atoms. The molecule has 3 N–H and O–H groups in total. The van der Waals surface area contributed by atoms with Crippen LogP contribution < -0.4 is 5.73 Å². The molecule has 1 aliphatic heterocycles. The van der Waals surface area contributed by atoms with E-state index >= 15 is 0 Å². The molecule has 0 unspecified atom stereocenters. The first-order valence-electron chi connectivity index (χ1n) is 7.80. The number of hydrogen-bond acceptors (Lipinski definition) is 3. The fourth-order valence-corrected chi connectivity index (χ4v) is 3.20. The van der Waals surface area contributed by atoms with Gasteiger partial charge in [0.15, 0.2) is 0 Å². The Bertz CT molecular complexity index is 766. The molecule has 3 rings (SSSR count). The van der Waals surface area contributed by atoms with Crippen LogP contribution in [0.5, 0.6) is 0 Å². The third kappa shape index (κ3) is 2.76. The highest BCUT2D eigenvalue weighted by atomic mass is 16.5. The lowest BCUT2D eigenvalue weighted by Gasteiger charge is -2.22. The van der Waals surface area contributed by atoms with E-state index in [4.69, 9.17) is 10.5 Å². The van der Waals surface area contributed by atoms with E-state index in [1.807, 2.05) is 26.0 Å². The van der Waals surface area contributed by atoms with Gasteiger partial charge in [0, 0.05) is 17.6 Å². The van der Waals surface area contributed by atoms with Gasteiger partial charge in [-0.25, -0.2) is 9.59 Å². The number of urea groups is 1. The average Bonchev–Trinajstić information content (AvgIpc) is 3.10. The van der Waals surface area contributed by atoms with E-state index in [0.29, 0.717) is 12.1 Å². The fraction of sp³-hybridized carbons (Fsp3) is 0.412. The third-order valence-electron chi connectivity index (χ3n) is 4.63. The molecular weight excluding hydrogens is 294 g/mol. The van der Waals surface area contributed by atoms with Gasteiger partial charge in [-0.3, -0.25) is 0 Å². The van der Waals surface area contributed by atoms with Crippen molar-refractivity contribution in [1.82, 2.24) is 9.88 Å². The molecule has 6 heteroatoms. The van der Waals surface area contributed by atoms with Crippen LogP contribution in [-0.2, 0) is 4.74 Å². The zero-order valence-electron chi connectivity index (χ0n) is 13.4. The van der Waals surface area contributed by atoms with Crippen LogP contribution in [0.25, 0.3) is 10.9 Å². The predicted octanol–water partition coefficient (Wildman–Crippen LogP) is 2.48. The standard InChI is InChI=1S/C17H21N3O3/c1-10-11(2)19-15-13(10)6-3-7-14(15)16(21)23-9-12-5-4-8-20(12)17(18)22/h3,6-7,12,19H,4-5,8-9H2,1-2H3,(H2,18,22)/t12-/m0/s1. The molecule has 0 aliphatic carbocycles. The number of benzene rings is 1. The van der Waals surface area contributed by atoms with Crippen molar-refractivity contribution in [1.29, 1.82) is 0 Å². The molecule has 6 nitrogen and oxygen atoms in total. The number of hydrogen-bond donors (Lipinski definition) is 2. The van der Waals surface area contributed by atoms with Crippen molar-refractivity contribution in [2.45, 2.75) is 32.7 Å². The number of likely N-dealkylation sites (tertiary alicyclic amines) is 1. The maximum atomic E-state index is 12.4. The smallest absolute Gasteiger partial charge is 0.340 e. The molecule has 0 spiro atoms. The molecule has 2 heterocycles. The first-order chi connectivity index (χ1) is 11.0. The van der Waals surface area contributed by atoms with Crippen molar-refractivity contribution < 1.29 is 14.3 Å². The summed E-state index contributed by atoms with van der Waals surface area (Å²) in [7, 11) is 0. The number of rotatable bonds is 3. The van der Waals surface area contributed by atoms with Gasteiger partial charge < -0.3 is 20.4 Å². The summed E-state index contributed by atoms with van der Waals surface area (Å²) < 4.78 is 5.44. The number of H-pyrrole nitrogens is 1. The Morgan fingerprint density at radius 2 is 2.17 bits per heavy atom. The van der Waals surface area contributed by atoms with Crippen LogP contribution in [0.4, 0.5) is 4.79 Å². The molecule has 2 amide bonds. The molecule has 1 fully saturated rings. The van der Waals surface area contributed by atoms with Crippen LogP contribution in [-0.4, -0.2) is 41.1 Å². The summed E-state index contributed by atoms with van der Waals surface area (Å²) in [6.45, 7) is 4.80. The van der Waals surface area contributed by atoms with Crippen LogP contribution in [0.2, 0.25) is 0 Å². The zero-order valence-corrected chi connectivity index (χ0v) is 13.4. The lowest BCUT2D eigenvalue weighted by atomic mass is 10.1. The average molecular weight is 315 g/mol. The zero-order chi connectivity index (χ0) is 16.6. The lowest BCUT2D eigenvalue weighted by Crippen LogP contribution is -2.41. The second-order valence-corrected chi connectivity index (χ2v) is 6.03. The number of aryl methyl sites for hydroxylation is 2. The van der Waals surface area contributed by atoms with Crippen LogP contribution in [0.1, 0.15) is 34.5 Å². The highest BCUT2D eigenvalue weighted by Crippen LogP contribution is 2.25. The number of ether oxygens (including phenoxy) is 1. The SMILES string of the molecule is Cc1[nH]c2c(C(=O)OC[C@@H]3CCCN3C(N)=O)cccc2c1C. The van der Waals surface area contributed by atoms with E-state index in [-0.39, 0.29) is 18.6 Å². The highest BCUT2D eigenvalue weighted by Gasteiger charge is 2.28. The van der Waals surface area contributed by atoms with Gasteiger partial charge in [0.05, 0.1) is 17.1 Å². The van der Waals surface area contributed by atoms with Gasteiger partial charge in [-0.2, -0.15) is 0 Å². The summed E-state index contributed by atoms with van der Waals surface area (Å²) in [5.74, 6) is -0.381. The number of para-hydroxylation sites is 1. The second-order valence-electron chi connectivity index (χ2n) is 6.03. The minimum atomic E-state index is -0.457. The quantitative estimate of drug-likeness (QED) is 0.853. The van der Waals surface area contributed by atoms with E-state index < -0.39 is 6.03 Å². The Labute approximate surface area is 134 Å². The van der Waals surface area contributed by atoms with E-state index in [2.05, 4.69) is 4.98 Å². The normalized spacial score (nSPS) is 17.7. The van der Waals surface area contributed by atoms with Crippen molar-refractivity contribution in [3.05, 3.63) is 35.0 Å². The number of amides is 2. The summed E-state index contributed by atoms with van der Waals surface area (Å²) in [5, 5.41) is 1.02. The lowest BCUT2D eigenvalue weighted by molar-refractivity contribution is 0.0424. The van der Waals surface area contributed by atoms with Gasteiger partial charge in [0.2, 0.25) is 0 Å². The Balaban J connectivity index is 1.76. The van der Waals surface area contributed by atoms with Crippen molar-refractivity contribution in [2.75, 3.05) is 13.2 Å². The number of nitrogens with two attached hydrogens (primary N) is 1. The molecule has 0 saturated carbocycles. The molecule has 1 aromatic heterocycles. The summed E-state index contributed by atoms with van der Waals surface area (Å²) >= 11 is 0. The van der Waals surface area contributed by atoms with Gasteiger partial charge in [-0.15, -0.1) is 0 Å². The van der Waals surface area contributed by atoms with E-state index in [9.17, 15) is 9.59 Å². The van der Waals surface area contributed by atoms with Crippen molar-refractivity contribution in [3.8, 4) is 0 Å². The van der Waals surface area contributed by atoms with Gasteiger partial charge in [0.25, 0.3) is 0 Å². The summed E-state index contributed by atoms with van der Waals surface area (Å²) in [4.78, 5) is 28.6. The minimum Gasteiger partial charge on any atom is -0.460 e. The van der Waals surface area contributed by atoms with E-state index in [1.165, 1.54) is 0 Å². The molecular formula is C17H21N3O3. The Morgan fingerprint density at radius 3 is 2.91 bits per heavy atom. The second kappa shape index (κ2) is 5.95. The molecule has 1 atom stereocenters. The molecule has 23 heavy (non-hydrogen) atoms. The van der Waals surface area contributed by atoms with Crippen molar-refractivity contribution in [2.24, 2.45) is 5.73 Å². The molecule has 122 valence electrons. The number of esters is 1. The van der Waals surface area contributed by atoms with E-state index in [1.54, 1.807) is 11.0 Å². The number of aromatic amines is 1. The fourth-order valence-electron chi connectivity index (χ4n) is 3.20. The number of aromatic nitrogens is 1. The number of nitrogens with zero attached hydrogens (tertiary/aromatic N) is 1. The largest absolute Gasteiger partial charge is 0.460 e. The first kappa shape index (κ1) is 15.4. The maximum absolute atomic E-state index is 12.4. The Kier molecular flexibility index (Phi) is 3.98. The first-order valence-corrected chi connectivity index (χ1v) is 7.80. The predicted molar refractivity (Wildman–Crippen MR) is 87.4 cm³/mol. The molecule has 1 saturated heterocycles. The molecule has 1 aliphatic rings. The van der Waals surface area contributed by atoms with Crippen LogP contribution in [0.3, 0.4) is 0 Å². The number of fused-ring (bicyclic) bond motifs is 1. The maximum Gasteiger partial charge on any atom is 0.340 e. The third-order valence-corrected chi connectivity index (χ3v) is 4.63. The summed E-state index contributed by atoms with van der Waals surface area (Å²) in [6, 6.07) is 5.01. The topological polar surface area (TPSA) is 88.4 Å². The molecule has 0 radical (unpaired) electrons. The summed E-state index contributed by atoms with van der Waals surface area (Å²) in [5.41, 5.74) is 8.82. The van der Waals surface area contributed by atoms with Crippen LogP contribution >= 0.6 is 0 Å². The number of carbonyl (C=O) groups excluding carboxylic acids is 2. The minimum absolute atomic E-state index is 0.122.